The molecule has 0 spiro atoms. The average Bonchev–Trinajstić information content (AvgIpc) is 2.36. The van der Waals surface area contributed by atoms with Crippen molar-refractivity contribution in [3.05, 3.63) is 35.9 Å². The Morgan fingerprint density at radius 3 is 2.63 bits per heavy atom. The zero-order valence-electron chi connectivity index (χ0n) is 11.0. The van der Waals surface area contributed by atoms with Crippen LogP contribution in [0.2, 0.25) is 0 Å². The van der Waals surface area contributed by atoms with E-state index in [1.54, 1.807) is 4.90 Å². The lowest BCUT2D eigenvalue weighted by Gasteiger charge is -2.37. The van der Waals surface area contributed by atoms with Crippen LogP contribution in [0.25, 0.3) is 0 Å². The van der Waals surface area contributed by atoms with Gasteiger partial charge in [0.15, 0.2) is 5.90 Å². The van der Waals surface area contributed by atoms with E-state index in [2.05, 4.69) is 0 Å². The first kappa shape index (κ1) is 13.4. The van der Waals surface area contributed by atoms with Crippen LogP contribution >= 0.6 is 0 Å². The number of nitrogens with zero attached hydrogens (tertiary/aromatic N) is 1. The van der Waals surface area contributed by atoms with Crippen molar-refractivity contribution < 1.29 is 14.3 Å². The van der Waals surface area contributed by atoms with Gasteiger partial charge in [-0.1, -0.05) is 30.3 Å². The van der Waals surface area contributed by atoms with E-state index in [1.165, 1.54) is 0 Å². The molecule has 0 atom stereocenters. The van der Waals surface area contributed by atoms with Crippen molar-refractivity contribution >= 4 is 12.0 Å². The van der Waals surface area contributed by atoms with Gasteiger partial charge in [0.1, 0.15) is 6.61 Å². The largest absolute Gasteiger partial charge is 0.481 e. The number of hydrogen-bond donors (Lipinski definition) is 1. The molecule has 0 aliphatic carbocycles. The van der Waals surface area contributed by atoms with Crippen molar-refractivity contribution in [2.75, 3.05) is 19.7 Å². The molecule has 2 rings (SSSR count). The maximum atomic E-state index is 11.7. The molecule has 0 unspecified atom stereocenters. The summed E-state index contributed by atoms with van der Waals surface area (Å²) in [6, 6.07) is 9.57. The number of hydrogen-bond acceptors (Lipinski definition) is 4. The molecule has 1 aliphatic heterocycles. The standard InChI is InChI=1S/C14H18N2O3/c1-2-18-13(15)12-8-16(9-12)14(17)19-10-11-6-4-3-5-7-11/h3-7,12,15H,2,8-10H2,1H3. The summed E-state index contributed by atoms with van der Waals surface area (Å²) < 4.78 is 10.3. The van der Waals surface area contributed by atoms with Crippen LogP contribution in [-0.2, 0) is 16.1 Å². The molecule has 0 saturated carbocycles. The van der Waals surface area contributed by atoms with Crippen LogP contribution in [0.3, 0.4) is 0 Å². The monoisotopic (exact) mass is 262 g/mol. The van der Waals surface area contributed by atoms with Crippen LogP contribution in [-0.4, -0.2) is 36.6 Å². The summed E-state index contributed by atoms with van der Waals surface area (Å²) >= 11 is 0. The van der Waals surface area contributed by atoms with Gasteiger partial charge in [-0.25, -0.2) is 4.79 Å². The molecule has 0 bridgehead atoms. The SMILES string of the molecule is CCOC(=N)C1CN(C(=O)OCc2ccccc2)C1. The van der Waals surface area contributed by atoms with E-state index in [4.69, 9.17) is 14.9 Å². The molecular formula is C14H18N2O3. The Hall–Kier alpha value is -2.04. The van der Waals surface area contributed by atoms with E-state index in [0.29, 0.717) is 19.7 Å². The van der Waals surface area contributed by atoms with Crippen LogP contribution in [0.15, 0.2) is 30.3 Å². The van der Waals surface area contributed by atoms with Crippen molar-refractivity contribution in [1.29, 1.82) is 5.41 Å². The summed E-state index contributed by atoms with van der Waals surface area (Å²) in [4.78, 5) is 13.3. The van der Waals surface area contributed by atoms with E-state index in [9.17, 15) is 4.79 Å². The normalized spacial score (nSPS) is 14.7. The van der Waals surface area contributed by atoms with Crippen LogP contribution in [0.5, 0.6) is 0 Å². The number of benzene rings is 1. The van der Waals surface area contributed by atoms with Gasteiger partial charge in [0.2, 0.25) is 0 Å². The Kier molecular flexibility index (Phi) is 4.39. The molecule has 0 radical (unpaired) electrons. The fraction of sp³-hybridized carbons (Fsp3) is 0.429. The van der Waals surface area contributed by atoms with Gasteiger partial charge in [-0.3, -0.25) is 5.41 Å². The summed E-state index contributed by atoms with van der Waals surface area (Å²) in [7, 11) is 0. The molecule has 1 aromatic carbocycles. The van der Waals surface area contributed by atoms with Gasteiger partial charge >= 0.3 is 6.09 Å². The van der Waals surface area contributed by atoms with Crippen LogP contribution in [0.4, 0.5) is 4.79 Å². The minimum absolute atomic E-state index is 0.0178. The summed E-state index contributed by atoms with van der Waals surface area (Å²) in [6.45, 7) is 3.63. The zero-order chi connectivity index (χ0) is 13.7. The Morgan fingerprint density at radius 1 is 1.32 bits per heavy atom. The van der Waals surface area contributed by atoms with Gasteiger partial charge < -0.3 is 14.4 Å². The Morgan fingerprint density at radius 2 is 2.00 bits per heavy atom. The van der Waals surface area contributed by atoms with Crippen molar-refractivity contribution in [2.24, 2.45) is 5.92 Å². The third-order valence-corrected chi connectivity index (χ3v) is 3.02. The Labute approximate surface area is 112 Å². The van der Waals surface area contributed by atoms with Gasteiger partial charge in [0, 0.05) is 13.1 Å². The highest BCUT2D eigenvalue weighted by molar-refractivity contribution is 5.80. The third kappa shape index (κ3) is 3.47. The van der Waals surface area contributed by atoms with Gasteiger partial charge in [0.05, 0.1) is 12.5 Å². The summed E-state index contributed by atoms with van der Waals surface area (Å²) in [5, 5.41) is 7.61. The van der Waals surface area contributed by atoms with E-state index >= 15 is 0 Å². The van der Waals surface area contributed by atoms with Crippen molar-refractivity contribution in [3.63, 3.8) is 0 Å². The number of likely N-dealkylation sites (tertiary alicyclic amines) is 1. The van der Waals surface area contributed by atoms with Gasteiger partial charge in [-0.2, -0.15) is 0 Å². The molecule has 1 amide bonds. The van der Waals surface area contributed by atoms with Gasteiger partial charge in [-0.15, -0.1) is 0 Å². The molecule has 1 fully saturated rings. The first-order valence-electron chi connectivity index (χ1n) is 6.37. The summed E-state index contributed by atoms with van der Waals surface area (Å²) in [5.41, 5.74) is 0.968. The molecule has 1 aromatic rings. The number of ether oxygens (including phenoxy) is 2. The molecule has 19 heavy (non-hydrogen) atoms. The minimum atomic E-state index is -0.329. The molecule has 5 nitrogen and oxygen atoms in total. The molecular weight excluding hydrogens is 244 g/mol. The predicted molar refractivity (Wildman–Crippen MR) is 71.0 cm³/mol. The maximum Gasteiger partial charge on any atom is 0.410 e. The summed E-state index contributed by atoms with van der Waals surface area (Å²) in [6.07, 6.45) is -0.329. The fourth-order valence-electron chi connectivity index (χ4n) is 1.88. The lowest BCUT2D eigenvalue weighted by Crippen LogP contribution is -2.53. The number of carbonyl (C=O) groups is 1. The highest BCUT2D eigenvalue weighted by Gasteiger charge is 2.35. The Bertz CT molecular complexity index is 441. The summed E-state index contributed by atoms with van der Waals surface area (Å²) in [5.74, 6) is 0.277. The lowest BCUT2D eigenvalue weighted by molar-refractivity contribution is 0.0588. The molecule has 102 valence electrons. The van der Waals surface area contributed by atoms with Crippen molar-refractivity contribution in [1.82, 2.24) is 4.90 Å². The van der Waals surface area contributed by atoms with Crippen molar-refractivity contribution in [3.8, 4) is 0 Å². The van der Waals surface area contributed by atoms with Crippen LogP contribution in [0.1, 0.15) is 12.5 Å². The number of amides is 1. The van der Waals surface area contributed by atoms with Gasteiger partial charge in [-0.05, 0) is 12.5 Å². The van der Waals surface area contributed by atoms with E-state index in [0.717, 1.165) is 5.56 Å². The smallest absolute Gasteiger partial charge is 0.410 e. The van der Waals surface area contributed by atoms with Crippen LogP contribution < -0.4 is 0 Å². The second-order valence-electron chi connectivity index (χ2n) is 4.44. The number of carbonyl (C=O) groups excluding carboxylic acids is 1. The number of nitrogens with one attached hydrogen (secondary N) is 1. The second-order valence-corrected chi connectivity index (χ2v) is 4.44. The Balaban J connectivity index is 1.70. The molecule has 0 aromatic heterocycles. The van der Waals surface area contributed by atoms with Crippen LogP contribution in [0, 0.1) is 11.3 Å². The highest BCUT2D eigenvalue weighted by Crippen LogP contribution is 2.18. The quantitative estimate of drug-likeness (QED) is 0.668. The van der Waals surface area contributed by atoms with Gasteiger partial charge in [0.25, 0.3) is 0 Å². The fourth-order valence-corrected chi connectivity index (χ4v) is 1.88. The highest BCUT2D eigenvalue weighted by atomic mass is 16.6. The third-order valence-electron chi connectivity index (χ3n) is 3.02. The topological polar surface area (TPSA) is 62.6 Å². The van der Waals surface area contributed by atoms with Crippen molar-refractivity contribution in [2.45, 2.75) is 13.5 Å². The first-order chi connectivity index (χ1) is 9.20. The maximum absolute atomic E-state index is 11.7. The molecule has 1 aliphatic rings. The lowest BCUT2D eigenvalue weighted by atomic mass is 10.0. The average molecular weight is 262 g/mol. The predicted octanol–water partition coefficient (Wildman–Crippen LogP) is 2.27. The molecule has 5 heteroatoms. The van der Waals surface area contributed by atoms with E-state index in [1.807, 2.05) is 37.3 Å². The molecule has 1 heterocycles. The minimum Gasteiger partial charge on any atom is -0.481 e. The van der Waals surface area contributed by atoms with E-state index in [-0.39, 0.29) is 24.5 Å². The second kappa shape index (κ2) is 6.22. The molecule has 1 saturated heterocycles. The molecule has 1 N–H and O–H groups in total. The zero-order valence-corrected chi connectivity index (χ0v) is 11.0. The first-order valence-corrected chi connectivity index (χ1v) is 6.37. The number of rotatable bonds is 4. The van der Waals surface area contributed by atoms with E-state index < -0.39 is 0 Å².